The molecular weight excluding hydrogens is 211 g/mol. The molecule has 0 aromatic carbocycles. The zero-order valence-corrected chi connectivity index (χ0v) is 8.17. The van der Waals surface area contributed by atoms with Gasteiger partial charge in [-0.05, 0) is 19.1 Å². The molecule has 1 N–H and O–H groups in total. The van der Waals surface area contributed by atoms with Gasteiger partial charge >= 0.3 is 6.36 Å². The summed E-state index contributed by atoms with van der Waals surface area (Å²) in [6, 6.07) is 3.35. The van der Waals surface area contributed by atoms with Crippen LogP contribution in [0, 0.1) is 0 Å². The van der Waals surface area contributed by atoms with Crippen molar-refractivity contribution in [2.75, 3.05) is 13.2 Å². The summed E-state index contributed by atoms with van der Waals surface area (Å²) >= 11 is 0. The highest BCUT2D eigenvalue weighted by Gasteiger charge is 2.28. The number of rotatable bonds is 5. The molecule has 6 heteroatoms. The standard InChI is InChI=1S/C9H12F3NO2/c1-7(8-3-2-5-14-8)13-4-6-15-9(10,11)12/h2-3,5,7,13H,4,6H2,1H3/t7-/m1/s1. The Hall–Kier alpha value is -1.01. The van der Waals surface area contributed by atoms with Crippen molar-refractivity contribution >= 4 is 0 Å². The van der Waals surface area contributed by atoms with Gasteiger partial charge in [0, 0.05) is 6.54 Å². The zero-order valence-electron chi connectivity index (χ0n) is 8.17. The molecule has 0 bridgehead atoms. The van der Waals surface area contributed by atoms with Crippen molar-refractivity contribution < 1.29 is 22.3 Å². The average Bonchev–Trinajstić information content (AvgIpc) is 2.63. The maximum atomic E-state index is 11.6. The lowest BCUT2D eigenvalue weighted by molar-refractivity contribution is -0.323. The molecule has 0 saturated heterocycles. The predicted octanol–water partition coefficient (Wildman–Crippen LogP) is 2.47. The van der Waals surface area contributed by atoms with Crippen molar-refractivity contribution in [2.45, 2.75) is 19.3 Å². The summed E-state index contributed by atoms with van der Waals surface area (Å²) < 4.78 is 43.4. The number of nitrogens with one attached hydrogen (secondary N) is 1. The molecule has 1 atom stereocenters. The van der Waals surface area contributed by atoms with Crippen LogP contribution in [0.3, 0.4) is 0 Å². The van der Waals surface area contributed by atoms with E-state index in [0.717, 1.165) is 0 Å². The normalized spacial score (nSPS) is 14.1. The Bertz CT molecular complexity index is 271. The van der Waals surface area contributed by atoms with Crippen molar-refractivity contribution in [3.8, 4) is 0 Å². The summed E-state index contributed by atoms with van der Waals surface area (Å²) in [6.45, 7) is 1.50. The molecule has 0 aliphatic heterocycles. The van der Waals surface area contributed by atoms with Crippen LogP contribution in [0.4, 0.5) is 13.2 Å². The van der Waals surface area contributed by atoms with Crippen LogP contribution in [-0.4, -0.2) is 19.5 Å². The number of halogens is 3. The molecule has 0 radical (unpaired) electrons. The lowest BCUT2D eigenvalue weighted by atomic mass is 10.2. The Labute approximate surface area is 85.2 Å². The van der Waals surface area contributed by atoms with Crippen molar-refractivity contribution in [2.24, 2.45) is 0 Å². The fourth-order valence-electron chi connectivity index (χ4n) is 1.08. The number of furan rings is 1. The Kier molecular flexibility index (Phi) is 4.16. The van der Waals surface area contributed by atoms with Gasteiger partial charge in [0.2, 0.25) is 0 Å². The summed E-state index contributed by atoms with van der Waals surface area (Å²) in [5.74, 6) is 0.682. The third-order valence-corrected chi connectivity index (χ3v) is 1.79. The van der Waals surface area contributed by atoms with Crippen molar-refractivity contribution in [3.05, 3.63) is 24.2 Å². The van der Waals surface area contributed by atoms with Crippen LogP contribution in [-0.2, 0) is 4.74 Å². The van der Waals surface area contributed by atoms with Crippen molar-refractivity contribution in [1.82, 2.24) is 5.32 Å². The van der Waals surface area contributed by atoms with Gasteiger partial charge < -0.3 is 9.73 Å². The third kappa shape index (κ3) is 4.85. The second-order valence-corrected chi connectivity index (χ2v) is 2.99. The van der Waals surface area contributed by atoms with Crippen LogP contribution in [0.25, 0.3) is 0 Å². The fourth-order valence-corrected chi connectivity index (χ4v) is 1.08. The SMILES string of the molecule is C[C@@H](NCCOC(F)(F)F)c1ccco1. The Balaban J connectivity index is 2.16. The van der Waals surface area contributed by atoms with Gasteiger partial charge in [0.05, 0.1) is 18.9 Å². The minimum absolute atomic E-state index is 0.112. The molecule has 0 aliphatic rings. The molecule has 0 amide bonds. The quantitative estimate of drug-likeness (QED) is 0.778. The first-order chi connectivity index (χ1) is 6.99. The third-order valence-electron chi connectivity index (χ3n) is 1.79. The van der Waals surface area contributed by atoms with Crippen molar-refractivity contribution in [1.29, 1.82) is 0 Å². The molecule has 1 heterocycles. The van der Waals surface area contributed by atoms with E-state index in [0.29, 0.717) is 5.76 Å². The second-order valence-electron chi connectivity index (χ2n) is 2.99. The Morgan fingerprint density at radius 3 is 2.80 bits per heavy atom. The molecule has 1 rings (SSSR count). The summed E-state index contributed by atoms with van der Waals surface area (Å²) in [5.41, 5.74) is 0. The lowest BCUT2D eigenvalue weighted by Gasteiger charge is -2.12. The van der Waals surface area contributed by atoms with E-state index in [-0.39, 0.29) is 12.6 Å². The fraction of sp³-hybridized carbons (Fsp3) is 0.556. The van der Waals surface area contributed by atoms with Gasteiger partial charge in [-0.2, -0.15) is 0 Å². The van der Waals surface area contributed by atoms with Gasteiger partial charge in [0.1, 0.15) is 5.76 Å². The van der Waals surface area contributed by atoms with E-state index >= 15 is 0 Å². The van der Waals surface area contributed by atoms with Gasteiger partial charge in [-0.3, -0.25) is 4.74 Å². The van der Waals surface area contributed by atoms with Crippen LogP contribution in [0.15, 0.2) is 22.8 Å². The molecule has 15 heavy (non-hydrogen) atoms. The maximum Gasteiger partial charge on any atom is 0.522 e. The first kappa shape index (κ1) is 12.1. The number of hydrogen-bond donors (Lipinski definition) is 1. The summed E-state index contributed by atoms with van der Waals surface area (Å²) in [5, 5.41) is 2.84. The summed E-state index contributed by atoms with van der Waals surface area (Å²) in [6.07, 6.45) is -3.05. The van der Waals surface area contributed by atoms with Gasteiger partial charge in [-0.25, -0.2) is 0 Å². The van der Waals surface area contributed by atoms with Crippen LogP contribution >= 0.6 is 0 Å². The van der Waals surface area contributed by atoms with Gasteiger partial charge in [-0.1, -0.05) is 0 Å². The van der Waals surface area contributed by atoms with E-state index in [4.69, 9.17) is 4.42 Å². The molecule has 0 fully saturated rings. The zero-order chi connectivity index (χ0) is 11.3. The topological polar surface area (TPSA) is 34.4 Å². The Morgan fingerprint density at radius 1 is 1.53 bits per heavy atom. The highest BCUT2D eigenvalue weighted by Crippen LogP contribution is 2.16. The molecule has 1 aromatic heterocycles. The van der Waals surface area contributed by atoms with Crippen molar-refractivity contribution in [3.63, 3.8) is 0 Å². The van der Waals surface area contributed by atoms with Crippen LogP contribution in [0.2, 0.25) is 0 Å². The monoisotopic (exact) mass is 223 g/mol. The first-order valence-electron chi connectivity index (χ1n) is 4.46. The molecule has 1 aromatic rings. The number of alkyl halides is 3. The summed E-state index contributed by atoms with van der Waals surface area (Å²) in [7, 11) is 0. The predicted molar refractivity (Wildman–Crippen MR) is 47.1 cm³/mol. The first-order valence-corrected chi connectivity index (χ1v) is 4.46. The van der Waals surface area contributed by atoms with Gasteiger partial charge in [-0.15, -0.1) is 13.2 Å². The minimum Gasteiger partial charge on any atom is -0.468 e. The molecule has 0 spiro atoms. The van der Waals surface area contributed by atoms with E-state index in [2.05, 4.69) is 10.1 Å². The molecule has 0 saturated carbocycles. The van der Waals surface area contributed by atoms with Crippen LogP contribution in [0.1, 0.15) is 18.7 Å². The van der Waals surface area contributed by atoms with Crippen LogP contribution in [0.5, 0.6) is 0 Å². The lowest BCUT2D eigenvalue weighted by Crippen LogP contribution is -2.26. The molecule has 3 nitrogen and oxygen atoms in total. The van der Waals surface area contributed by atoms with E-state index in [1.807, 2.05) is 0 Å². The van der Waals surface area contributed by atoms with E-state index in [1.165, 1.54) is 6.26 Å². The number of ether oxygens (including phenoxy) is 1. The second kappa shape index (κ2) is 5.18. The smallest absolute Gasteiger partial charge is 0.468 e. The van der Waals surface area contributed by atoms with Gasteiger partial charge in [0.25, 0.3) is 0 Å². The Morgan fingerprint density at radius 2 is 2.27 bits per heavy atom. The van der Waals surface area contributed by atoms with E-state index in [1.54, 1.807) is 19.1 Å². The largest absolute Gasteiger partial charge is 0.522 e. The highest BCUT2D eigenvalue weighted by molar-refractivity contribution is 5.02. The molecule has 86 valence electrons. The highest BCUT2D eigenvalue weighted by atomic mass is 19.4. The van der Waals surface area contributed by atoms with Gasteiger partial charge in [0.15, 0.2) is 0 Å². The summed E-state index contributed by atoms with van der Waals surface area (Å²) in [4.78, 5) is 0. The van der Waals surface area contributed by atoms with E-state index < -0.39 is 13.0 Å². The van der Waals surface area contributed by atoms with E-state index in [9.17, 15) is 13.2 Å². The molecule has 0 aliphatic carbocycles. The molecule has 0 unspecified atom stereocenters. The van der Waals surface area contributed by atoms with Crippen LogP contribution < -0.4 is 5.32 Å². The minimum atomic E-state index is -4.56. The molecular formula is C9H12F3NO2. The average molecular weight is 223 g/mol. The number of hydrogen-bond acceptors (Lipinski definition) is 3. The maximum absolute atomic E-state index is 11.6.